The van der Waals surface area contributed by atoms with Crippen molar-refractivity contribution in [2.45, 2.75) is 30.7 Å². The minimum Gasteiger partial charge on any atom is -0.315 e. The normalized spacial score (nSPS) is 19.1. The van der Waals surface area contributed by atoms with Gasteiger partial charge in [-0.05, 0) is 25.5 Å². The Morgan fingerprint density at radius 1 is 1.50 bits per heavy atom. The average molecular weight is 324 g/mol. The lowest BCUT2D eigenvalue weighted by atomic mass is 10.2. The third kappa shape index (κ3) is 3.66. The van der Waals surface area contributed by atoms with Gasteiger partial charge in [0.15, 0.2) is 0 Å². The van der Waals surface area contributed by atoms with Crippen LogP contribution >= 0.6 is 12.4 Å². The van der Waals surface area contributed by atoms with Gasteiger partial charge in [0.1, 0.15) is 10.7 Å². The summed E-state index contributed by atoms with van der Waals surface area (Å²) in [6, 6.07) is 0.959. The average Bonchev–Trinajstić information content (AvgIpc) is 2.89. The van der Waals surface area contributed by atoms with Gasteiger partial charge < -0.3 is 5.32 Å². The Kier molecular flexibility index (Phi) is 6.32. The molecule has 1 aliphatic rings. The molecule has 5 nitrogen and oxygen atoms in total. The summed E-state index contributed by atoms with van der Waals surface area (Å²) in [4.78, 5) is 3.55. The van der Waals surface area contributed by atoms with E-state index in [9.17, 15) is 12.8 Å². The van der Waals surface area contributed by atoms with Crippen LogP contribution in [0.3, 0.4) is 0 Å². The van der Waals surface area contributed by atoms with Crippen molar-refractivity contribution in [2.75, 3.05) is 19.6 Å². The molecular weight excluding hydrogens is 305 g/mol. The van der Waals surface area contributed by atoms with Gasteiger partial charge in [-0.15, -0.1) is 12.4 Å². The van der Waals surface area contributed by atoms with Gasteiger partial charge in [0.25, 0.3) is 0 Å². The molecule has 0 radical (unpaired) electrons. The summed E-state index contributed by atoms with van der Waals surface area (Å²) in [6.45, 7) is 3.81. The molecule has 1 fully saturated rings. The van der Waals surface area contributed by atoms with E-state index in [4.69, 9.17) is 0 Å². The summed E-state index contributed by atoms with van der Waals surface area (Å²) >= 11 is 0. The third-order valence-corrected chi connectivity index (χ3v) is 5.09. The molecule has 1 aromatic rings. The highest BCUT2D eigenvalue weighted by Crippen LogP contribution is 2.21. The first-order valence-corrected chi connectivity index (χ1v) is 7.83. The number of aromatic nitrogens is 1. The molecule has 2 rings (SSSR count). The molecule has 0 aromatic carbocycles. The van der Waals surface area contributed by atoms with Crippen molar-refractivity contribution in [3.63, 3.8) is 0 Å². The van der Waals surface area contributed by atoms with E-state index in [1.165, 1.54) is 10.5 Å². The second-order valence-corrected chi connectivity index (χ2v) is 6.49. The SMILES string of the molecule is CCCN(C1CCNC1)S(=O)(=O)c1cncc(F)c1.Cl. The zero-order valence-corrected chi connectivity index (χ0v) is 12.9. The van der Waals surface area contributed by atoms with Crippen LogP contribution in [0, 0.1) is 5.82 Å². The number of hydrogen-bond acceptors (Lipinski definition) is 4. The van der Waals surface area contributed by atoms with Crippen LogP contribution in [-0.2, 0) is 10.0 Å². The van der Waals surface area contributed by atoms with Crippen LogP contribution in [0.2, 0.25) is 0 Å². The predicted molar refractivity (Wildman–Crippen MR) is 76.9 cm³/mol. The van der Waals surface area contributed by atoms with Crippen LogP contribution in [0.4, 0.5) is 4.39 Å². The zero-order valence-electron chi connectivity index (χ0n) is 11.3. The van der Waals surface area contributed by atoms with Crippen molar-refractivity contribution in [2.24, 2.45) is 0 Å². The highest BCUT2D eigenvalue weighted by molar-refractivity contribution is 7.89. The molecule has 1 atom stereocenters. The summed E-state index contributed by atoms with van der Waals surface area (Å²) in [5, 5.41) is 3.15. The van der Waals surface area contributed by atoms with E-state index >= 15 is 0 Å². The number of halogens is 2. The van der Waals surface area contributed by atoms with E-state index in [0.717, 1.165) is 31.6 Å². The van der Waals surface area contributed by atoms with Gasteiger partial charge in [0.2, 0.25) is 10.0 Å². The first kappa shape index (κ1) is 17.3. The second kappa shape index (κ2) is 7.31. The predicted octanol–water partition coefficient (Wildman–Crippen LogP) is 1.41. The fraction of sp³-hybridized carbons (Fsp3) is 0.583. The molecule has 0 aliphatic carbocycles. The topological polar surface area (TPSA) is 62.3 Å². The summed E-state index contributed by atoms with van der Waals surface area (Å²) in [6.07, 6.45) is 3.70. The van der Waals surface area contributed by atoms with E-state index in [1.54, 1.807) is 0 Å². The molecule has 0 amide bonds. The number of nitrogens with one attached hydrogen (secondary N) is 1. The van der Waals surface area contributed by atoms with Gasteiger partial charge >= 0.3 is 0 Å². The summed E-state index contributed by atoms with van der Waals surface area (Å²) < 4.78 is 39.7. The lowest BCUT2D eigenvalue weighted by molar-refractivity contribution is 0.334. The second-order valence-electron chi connectivity index (χ2n) is 4.60. The van der Waals surface area contributed by atoms with Crippen LogP contribution in [0.15, 0.2) is 23.4 Å². The molecular formula is C12H19ClFN3O2S. The van der Waals surface area contributed by atoms with Gasteiger partial charge in [0.05, 0.1) is 6.20 Å². The van der Waals surface area contributed by atoms with Gasteiger partial charge in [-0.2, -0.15) is 4.31 Å². The van der Waals surface area contributed by atoms with Crippen molar-refractivity contribution in [3.8, 4) is 0 Å². The lowest BCUT2D eigenvalue weighted by Crippen LogP contribution is -2.42. The van der Waals surface area contributed by atoms with Crippen LogP contribution in [-0.4, -0.2) is 43.4 Å². The Labute approximate surface area is 125 Å². The largest absolute Gasteiger partial charge is 0.315 e. The van der Waals surface area contributed by atoms with Gasteiger partial charge in [-0.25, -0.2) is 12.8 Å². The Morgan fingerprint density at radius 3 is 2.80 bits per heavy atom. The van der Waals surface area contributed by atoms with E-state index in [2.05, 4.69) is 10.3 Å². The highest BCUT2D eigenvalue weighted by atomic mass is 35.5. The zero-order chi connectivity index (χ0) is 13.9. The van der Waals surface area contributed by atoms with E-state index < -0.39 is 15.8 Å². The summed E-state index contributed by atoms with van der Waals surface area (Å²) in [5.41, 5.74) is 0. The van der Waals surface area contributed by atoms with E-state index in [-0.39, 0.29) is 23.3 Å². The van der Waals surface area contributed by atoms with Crippen LogP contribution in [0.1, 0.15) is 19.8 Å². The first-order valence-electron chi connectivity index (χ1n) is 6.39. The van der Waals surface area contributed by atoms with Crippen molar-refractivity contribution >= 4 is 22.4 Å². The van der Waals surface area contributed by atoms with Crippen LogP contribution < -0.4 is 5.32 Å². The minimum absolute atomic E-state index is 0. The van der Waals surface area contributed by atoms with Crippen LogP contribution in [0.5, 0.6) is 0 Å². The first-order chi connectivity index (χ1) is 9.05. The smallest absolute Gasteiger partial charge is 0.245 e. The van der Waals surface area contributed by atoms with E-state index in [0.29, 0.717) is 13.1 Å². The number of pyridine rings is 1. The molecule has 114 valence electrons. The Bertz CT molecular complexity index is 535. The molecule has 1 aliphatic heterocycles. The van der Waals surface area contributed by atoms with Crippen molar-refractivity contribution in [1.82, 2.24) is 14.6 Å². The molecule has 1 aromatic heterocycles. The number of hydrogen-bond donors (Lipinski definition) is 1. The Hall–Kier alpha value is -0.760. The highest BCUT2D eigenvalue weighted by Gasteiger charge is 2.32. The minimum atomic E-state index is -3.68. The molecule has 2 heterocycles. The number of nitrogens with zero attached hydrogens (tertiary/aromatic N) is 2. The summed E-state index contributed by atoms with van der Waals surface area (Å²) in [5.74, 6) is -0.637. The molecule has 8 heteroatoms. The Morgan fingerprint density at radius 2 is 2.25 bits per heavy atom. The van der Waals surface area contributed by atoms with Crippen molar-refractivity contribution in [3.05, 3.63) is 24.3 Å². The van der Waals surface area contributed by atoms with Crippen LogP contribution in [0.25, 0.3) is 0 Å². The Balaban J connectivity index is 0.00000200. The molecule has 1 saturated heterocycles. The quantitative estimate of drug-likeness (QED) is 0.890. The van der Waals surface area contributed by atoms with Gasteiger partial charge in [0, 0.05) is 25.3 Å². The molecule has 0 spiro atoms. The van der Waals surface area contributed by atoms with E-state index in [1.807, 2.05) is 6.92 Å². The van der Waals surface area contributed by atoms with Gasteiger partial charge in [-0.3, -0.25) is 4.98 Å². The molecule has 0 bridgehead atoms. The van der Waals surface area contributed by atoms with Crippen molar-refractivity contribution in [1.29, 1.82) is 0 Å². The number of rotatable bonds is 5. The molecule has 20 heavy (non-hydrogen) atoms. The maximum Gasteiger partial charge on any atom is 0.245 e. The molecule has 1 unspecified atom stereocenters. The van der Waals surface area contributed by atoms with Gasteiger partial charge in [-0.1, -0.05) is 6.92 Å². The lowest BCUT2D eigenvalue weighted by Gasteiger charge is -2.27. The fourth-order valence-corrected chi connectivity index (χ4v) is 4.00. The molecule has 1 N–H and O–H groups in total. The van der Waals surface area contributed by atoms with Crippen molar-refractivity contribution < 1.29 is 12.8 Å². The third-order valence-electron chi connectivity index (χ3n) is 3.17. The summed E-state index contributed by atoms with van der Waals surface area (Å²) in [7, 11) is -3.68. The standard InChI is InChI=1S/C12H18FN3O2S.ClH/c1-2-5-16(11-3-4-14-8-11)19(17,18)12-6-10(13)7-15-9-12;/h6-7,9,11,14H,2-5,8H2,1H3;1H. The number of sulfonamides is 1. The maximum atomic E-state index is 13.2. The molecule has 0 saturated carbocycles. The fourth-order valence-electron chi connectivity index (χ4n) is 2.27. The monoisotopic (exact) mass is 323 g/mol. The maximum absolute atomic E-state index is 13.2.